The molecule has 6 nitrogen and oxygen atoms in total. The van der Waals surface area contributed by atoms with E-state index in [1.54, 1.807) is 24.3 Å². The summed E-state index contributed by atoms with van der Waals surface area (Å²) in [5.41, 5.74) is 0.467. The van der Waals surface area contributed by atoms with E-state index in [4.69, 9.17) is 11.6 Å². The topological polar surface area (TPSA) is 72.7 Å². The first-order valence-electron chi connectivity index (χ1n) is 6.18. The fraction of sp³-hybridized carbons (Fsp3) is 0.385. The Bertz CT molecular complexity index is 600. The zero-order valence-corrected chi connectivity index (χ0v) is 12.3. The molecule has 1 N–H and O–H groups in total. The maximum absolute atomic E-state index is 12.0. The molecular weight excluding hydrogens is 278 g/mol. The highest BCUT2D eigenvalue weighted by atomic mass is 35.5. The minimum Gasteiger partial charge on any atom is -0.324 e. The Morgan fingerprint density at radius 2 is 1.95 bits per heavy atom. The van der Waals surface area contributed by atoms with Crippen LogP contribution in [0, 0.1) is 0 Å². The standard InChI is InChI=1S/C13H16ClN5O/c1-13(2,3)12-16-17-18-19(12)8-11(20)15-10-6-4-9(14)5-7-10/h4-7H,8H2,1-3H3,(H,15,20). The molecule has 1 amide bonds. The molecule has 1 aromatic carbocycles. The van der Waals surface area contributed by atoms with Crippen molar-refractivity contribution in [3.63, 3.8) is 0 Å². The molecular formula is C13H16ClN5O. The van der Waals surface area contributed by atoms with E-state index in [1.807, 2.05) is 20.8 Å². The molecule has 0 atom stereocenters. The molecule has 7 heteroatoms. The predicted octanol–water partition coefficient (Wildman–Crippen LogP) is 2.26. The molecule has 1 heterocycles. The molecule has 20 heavy (non-hydrogen) atoms. The molecule has 0 spiro atoms. The maximum atomic E-state index is 12.0. The monoisotopic (exact) mass is 293 g/mol. The fourth-order valence-electron chi connectivity index (χ4n) is 1.72. The maximum Gasteiger partial charge on any atom is 0.246 e. The molecule has 0 bridgehead atoms. The molecule has 2 aromatic rings. The van der Waals surface area contributed by atoms with Crippen LogP contribution < -0.4 is 5.32 Å². The molecule has 0 unspecified atom stereocenters. The normalized spacial score (nSPS) is 11.4. The van der Waals surface area contributed by atoms with Crippen molar-refractivity contribution in [2.24, 2.45) is 0 Å². The van der Waals surface area contributed by atoms with Crippen LogP contribution in [0.15, 0.2) is 24.3 Å². The third-order valence-electron chi connectivity index (χ3n) is 2.62. The van der Waals surface area contributed by atoms with Gasteiger partial charge in [0, 0.05) is 16.1 Å². The van der Waals surface area contributed by atoms with E-state index in [9.17, 15) is 4.79 Å². The number of nitrogens with one attached hydrogen (secondary N) is 1. The van der Waals surface area contributed by atoms with Crippen LogP contribution in [-0.4, -0.2) is 26.1 Å². The second-order valence-corrected chi connectivity index (χ2v) is 5.90. The van der Waals surface area contributed by atoms with Crippen LogP contribution in [0.2, 0.25) is 5.02 Å². The van der Waals surface area contributed by atoms with Crippen LogP contribution in [-0.2, 0) is 16.8 Å². The van der Waals surface area contributed by atoms with Crippen molar-refractivity contribution in [2.75, 3.05) is 5.32 Å². The Kier molecular flexibility index (Phi) is 4.04. The molecule has 1 aromatic heterocycles. The summed E-state index contributed by atoms with van der Waals surface area (Å²) in [4.78, 5) is 12.0. The van der Waals surface area contributed by atoms with Gasteiger partial charge in [0.15, 0.2) is 5.82 Å². The zero-order valence-electron chi connectivity index (χ0n) is 11.6. The number of carbonyl (C=O) groups excluding carboxylic acids is 1. The van der Waals surface area contributed by atoms with Gasteiger partial charge in [0.25, 0.3) is 0 Å². The van der Waals surface area contributed by atoms with Gasteiger partial charge < -0.3 is 5.32 Å². The average molecular weight is 294 g/mol. The van der Waals surface area contributed by atoms with Gasteiger partial charge in [-0.1, -0.05) is 32.4 Å². The summed E-state index contributed by atoms with van der Waals surface area (Å²) in [6.45, 7) is 6.05. The second kappa shape index (κ2) is 5.58. The number of aromatic nitrogens is 4. The number of amides is 1. The van der Waals surface area contributed by atoms with E-state index < -0.39 is 0 Å². The summed E-state index contributed by atoms with van der Waals surface area (Å²) in [7, 11) is 0. The fourth-order valence-corrected chi connectivity index (χ4v) is 1.84. The Labute approximate surface area is 122 Å². The van der Waals surface area contributed by atoms with Crippen molar-refractivity contribution in [1.29, 1.82) is 0 Å². The lowest BCUT2D eigenvalue weighted by atomic mass is 9.96. The SMILES string of the molecule is CC(C)(C)c1nnnn1CC(=O)Nc1ccc(Cl)cc1. The van der Waals surface area contributed by atoms with Crippen molar-refractivity contribution < 1.29 is 4.79 Å². The van der Waals surface area contributed by atoms with E-state index in [-0.39, 0.29) is 17.9 Å². The van der Waals surface area contributed by atoms with E-state index in [1.165, 1.54) is 4.68 Å². The Balaban J connectivity index is 2.05. The van der Waals surface area contributed by atoms with Gasteiger partial charge in [0.1, 0.15) is 6.54 Å². The quantitative estimate of drug-likeness (QED) is 0.942. The minimum atomic E-state index is -0.218. The number of tetrazole rings is 1. The first-order chi connectivity index (χ1) is 9.36. The highest BCUT2D eigenvalue weighted by molar-refractivity contribution is 6.30. The van der Waals surface area contributed by atoms with Gasteiger partial charge in [-0.3, -0.25) is 4.79 Å². The number of hydrogen-bond acceptors (Lipinski definition) is 4. The number of hydrogen-bond donors (Lipinski definition) is 1. The van der Waals surface area contributed by atoms with Crippen LogP contribution in [0.3, 0.4) is 0 Å². The first kappa shape index (κ1) is 14.5. The Hall–Kier alpha value is -1.95. The summed E-state index contributed by atoms with van der Waals surface area (Å²) in [6, 6.07) is 6.92. The molecule has 0 aliphatic heterocycles. The number of nitrogens with zero attached hydrogens (tertiary/aromatic N) is 4. The molecule has 0 radical (unpaired) electrons. The molecule has 0 saturated carbocycles. The smallest absolute Gasteiger partial charge is 0.246 e. The van der Waals surface area contributed by atoms with Gasteiger partial charge in [-0.15, -0.1) is 5.10 Å². The largest absolute Gasteiger partial charge is 0.324 e. The summed E-state index contributed by atoms with van der Waals surface area (Å²) >= 11 is 5.79. The van der Waals surface area contributed by atoms with Crippen molar-refractivity contribution in [1.82, 2.24) is 20.2 Å². The van der Waals surface area contributed by atoms with Crippen LogP contribution in [0.5, 0.6) is 0 Å². The first-order valence-corrected chi connectivity index (χ1v) is 6.56. The lowest BCUT2D eigenvalue weighted by Gasteiger charge is -2.16. The van der Waals surface area contributed by atoms with Crippen LogP contribution >= 0.6 is 11.6 Å². The highest BCUT2D eigenvalue weighted by Crippen LogP contribution is 2.18. The van der Waals surface area contributed by atoms with Gasteiger partial charge in [0.05, 0.1) is 0 Å². The number of rotatable bonds is 3. The summed E-state index contributed by atoms with van der Waals surface area (Å²) in [5, 5.41) is 14.8. The highest BCUT2D eigenvalue weighted by Gasteiger charge is 2.22. The summed E-state index contributed by atoms with van der Waals surface area (Å²) < 4.78 is 1.51. The summed E-state index contributed by atoms with van der Waals surface area (Å²) in [6.07, 6.45) is 0. The van der Waals surface area contributed by atoms with E-state index >= 15 is 0 Å². The van der Waals surface area contributed by atoms with Crippen LogP contribution in [0.25, 0.3) is 0 Å². The zero-order chi connectivity index (χ0) is 14.8. The lowest BCUT2D eigenvalue weighted by molar-refractivity contribution is -0.117. The minimum absolute atomic E-state index is 0.0717. The van der Waals surface area contributed by atoms with Gasteiger partial charge >= 0.3 is 0 Å². The van der Waals surface area contributed by atoms with Gasteiger partial charge in [-0.2, -0.15) is 0 Å². The molecule has 0 aliphatic carbocycles. The molecule has 0 saturated heterocycles. The van der Waals surface area contributed by atoms with Gasteiger partial charge in [-0.05, 0) is 34.7 Å². The van der Waals surface area contributed by atoms with Crippen molar-refractivity contribution in [3.05, 3.63) is 35.1 Å². The van der Waals surface area contributed by atoms with E-state index in [0.717, 1.165) is 0 Å². The predicted molar refractivity (Wildman–Crippen MR) is 76.6 cm³/mol. The third-order valence-corrected chi connectivity index (χ3v) is 2.88. The van der Waals surface area contributed by atoms with Crippen molar-refractivity contribution >= 4 is 23.2 Å². The Morgan fingerprint density at radius 1 is 1.30 bits per heavy atom. The van der Waals surface area contributed by atoms with Gasteiger partial charge in [0.2, 0.25) is 5.91 Å². The van der Waals surface area contributed by atoms with E-state index in [2.05, 4.69) is 20.8 Å². The summed E-state index contributed by atoms with van der Waals surface area (Å²) in [5.74, 6) is 0.480. The van der Waals surface area contributed by atoms with E-state index in [0.29, 0.717) is 16.5 Å². The van der Waals surface area contributed by atoms with Crippen molar-refractivity contribution in [2.45, 2.75) is 32.7 Å². The lowest BCUT2D eigenvalue weighted by Crippen LogP contribution is -2.25. The molecule has 106 valence electrons. The van der Waals surface area contributed by atoms with Gasteiger partial charge in [-0.25, -0.2) is 4.68 Å². The number of carbonyl (C=O) groups is 1. The number of anilines is 1. The third kappa shape index (κ3) is 3.54. The number of benzene rings is 1. The number of halogens is 1. The average Bonchev–Trinajstić information content (AvgIpc) is 2.80. The Morgan fingerprint density at radius 3 is 2.55 bits per heavy atom. The van der Waals surface area contributed by atoms with Crippen LogP contribution in [0.1, 0.15) is 26.6 Å². The molecule has 0 fully saturated rings. The second-order valence-electron chi connectivity index (χ2n) is 5.47. The molecule has 0 aliphatic rings. The van der Waals surface area contributed by atoms with Crippen molar-refractivity contribution in [3.8, 4) is 0 Å². The van der Waals surface area contributed by atoms with Crippen LogP contribution in [0.4, 0.5) is 5.69 Å². The molecule has 2 rings (SSSR count).